The number of quaternary nitrogens is 1. The van der Waals surface area contributed by atoms with Crippen molar-refractivity contribution < 1.29 is 9.64 Å². The van der Waals surface area contributed by atoms with Crippen LogP contribution >= 0.6 is 11.6 Å². The van der Waals surface area contributed by atoms with Crippen molar-refractivity contribution in [3.8, 4) is 5.75 Å². The van der Waals surface area contributed by atoms with Crippen molar-refractivity contribution in [3.05, 3.63) is 28.8 Å². The van der Waals surface area contributed by atoms with Gasteiger partial charge >= 0.3 is 0 Å². The van der Waals surface area contributed by atoms with Gasteiger partial charge in [0.1, 0.15) is 18.9 Å². The largest absolute Gasteiger partial charge is 0.487 e. The van der Waals surface area contributed by atoms with Crippen LogP contribution in [0.1, 0.15) is 46.1 Å². The maximum Gasteiger partial charge on any atom is 0.137 e. The molecule has 1 aliphatic heterocycles. The maximum absolute atomic E-state index is 6.13. The molecule has 0 aromatic heterocycles. The number of likely N-dealkylation sites (tertiary alicyclic amines) is 1. The Bertz CT molecular complexity index is 459. The fourth-order valence-electron chi connectivity index (χ4n) is 2.94. The van der Waals surface area contributed by atoms with Gasteiger partial charge in [0.15, 0.2) is 0 Å². The number of hydrogen-bond acceptors (Lipinski definition) is 1. The molecule has 1 heterocycles. The van der Waals surface area contributed by atoms with Crippen molar-refractivity contribution in [2.45, 2.75) is 46.0 Å². The molecule has 21 heavy (non-hydrogen) atoms. The maximum atomic E-state index is 6.13. The van der Waals surface area contributed by atoms with Gasteiger partial charge < -0.3 is 9.64 Å². The number of benzene rings is 1. The van der Waals surface area contributed by atoms with Gasteiger partial charge in [0.2, 0.25) is 0 Å². The van der Waals surface area contributed by atoms with E-state index < -0.39 is 0 Å². The fraction of sp³-hybridized carbons (Fsp3) is 0.667. The van der Waals surface area contributed by atoms with E-state index in [1.807, 2.05) is 18.2 Å². The molecule has 0 saturated carbocycles. The first-order valence-corrected chi connectivity index (χ1v) is 8.50. The zero-order valence-electron chi connectivity index (χ0n) is 13.8. The van der Waals surface area contributed by atoms with Crippen LogP contribution in [-0.2, 0) is 5.41 Å². The van der Waals surface area contributed by atoms with E-state index in [9.17, 15) is 0 Å². The molecular weight excluding hydrogens is 282 g/mol. The van der Waals surface area contributed by atoms with Crippen molar-refractivity contribution in [2.24, 2.45) is 5.92 Å². The molecule has 1 aromatic rings. The molecule has 1 saturated heterocycles. The minimum Gasteiger partial charge on any atom is -0.487 e. The van der Waals surface area contributed by atoms with E-state index >= 15 is 0 Å². The van der Waals surface area contributed by atoms with Crippen molar-refractivity contribution in [2.75, 3.05) is 26.2 Å². The van der Waals surface area contributed by atoms with Crippen molar-refractivity contribution in [3.63, 3.8) is 0 Å². The highest BCUT2D eigenvalue weighted by Crippen LogP contribution is 2.33. The Morgan fingerprint density at radius 1 is 1.24 bits per heavy atom. The number of piperidine rings is 1. The van der Waals surface area contributed by atoms with Crippen LogP contribution in [0.2, 0.25) is 5.02 Å². The van der Waals surface area contributed by atoms with Crippen LogP contribution in [-0.4, -0.2) is 26.2 Å². The van der Waals surface area contributed by atoms with Gasteiger partial charge in [-0.25, -0.2) is 0 Å². The van der Waals surface area contributed by atoms with Gasteiger partial charge in [-0.2, -0.15) is 0 Å². The van der Waals surface area contributed by atoms with E-state index in [1.165, 1.54) is 31.5 Å². The normalized spacial score (nSPS) is 23.1. The summed E-state index contributed by atoms with van der Waals surface area (Å²) in [5.74, 6) is 1.88. The quantitative estimate of drug-likeness (QED) is 0.900. The Morgan fingerprint density at radius 3 is 2.52 bits per heavy atom. The summed E-state index contributed by atoms with van der Waals surface area (Å²) in [6.45, 7) is 13.4. The zero-order valence-corrected chi connectivity index (χ0v) is 14.6. The van der Waals surface area contributed by atoms with Gasteiger partial charge in [0, 0.05) is 10.6 Å². The molecule has 2 rings (SSSR count). The van der Waals surface area contributed by atoms with Crippen LogP contribution in [0.15, 0.2) is 18.2 Å². The topological polar surface area (TPSA) is 13.7 Å². The van der Waals surface area contributed by atoms with E-state index in [-0.39, 0.29) is 5.41 Å². The second kappa shape index (κ2) is 7.02. The van der Waals surface area contributed by atoms with E-state index in [2.05, 4.69) is 27.7 Å². The molecule has 1 aliphatic rings. The lowest BCUT2D eigenvalue weighted by Crippen LogP contribution is -3.13. The SMILES string of the molecule is CC1CC[NH+](CCOc2ccc(Cl)cc2C(C)(C)C)CC1. The van der Waals surface area contributed by atoms with Crippen molar-refractivity contribution in [1.29, 1.82) is 0 Å². The lowest BCUT2D eigenvalue weighted by molar-refractivity contribution is -0.906. The molecule has 0 spiro atoms. The van der Waals surface area contributed by atoms with Gasteiger partial charge in [-0.3, -0.25) is 0 Å². The Balaban J connectivity index is 1.91. The standard InChI is InChI=1S/C18H28ClNO/c1-14-7-9-20(10-8-14)11-12-21-17-6-5-15(19)13-16(17)18(2,3)4/h5-6,13-14H,7-12H2,1-4H3/p+1. The Labute approximate surface area is 134 Å². The first-order valence-electron chi connectivity index (χ1n) is 8.12. The Hall–Kier alpha value is -0.730. The summed E-state index contributed by atoms with van der Waals surface area (Å²) >= 11 is 6.13. The van der Waals surface area contributed by atoms with Crippen LogP contribution in [0, 0.1) is 5.92 Å². The average Bonchev–Trinajstić information content (AvgIpc) is 2.41. The second-order valence-electron chi connectivity index (χ2n) is 7.42. The highest BCUT2D eigenvalue weighted by Gasteiger charge is 2.21. The van der Waals surface area contributed by atoms with Crippen LogP contribution in [0.5, 0.6) is 5.75 Å². The van der Waals surface area contributed by atoms with Crippen molar-refractivity contribution in [1.82, 2.24) is 0 Å². The van der Waals surface area contributed by atoms with E-state index in [0.717, 1.165) is 29.8 Å². The van der Waals surface area contributed by atoms with Gasteiger partial charge in [-0.05, 0) is 42.4 Å². The number of halogens is 1. The lowest BCUT2D eigenvalue weighted by atomic mass is 9.86. The lowest BCUT2D eigenvalue weighted by Gasteiger charge is -2.28. The van der Waals surface area contributed by atoms with Gasteiger partial charge in [0.05, 0.1) is 13.1 Å². The van der Waals surface area contributed by atoms with Gasteiger partial charge in [-0.1, -0.05) is 39.3 Å². The molecule has 1 N–H and O–H groups in total. The van der Waals surface area contributed by atoms with Crippen LogP contribution < -0.4 is 9.64 Å². The molecule has 0 amide bonds. The van der Waals surface area contributed by atoms with E-state index in [0.29, 0.717) is 0 Å². The van der Waals surface area contributed by atoms with E-state index in [1.54, 1.807) is 4.90 Å². The average molecular weight is 311 g/mol. The van der Waals surface area contributed by atoms with Gasteiger partial charge in [-0.15, -0.1) is 0 Å². The fourth-order valence-corrected chi connectivity index (χ4v) is 3.11. The predicted molar refractivity (Wildman–Crippen MR) is 89.6 cm³/mol. The highest BCUT2D eigenvalue weighted by atomic mass is 35.5. The summed E-state index contributed by atoms with van der Waals surface area (Å²) < 4.78 is 6.07. The molecule has 118 valence electrons. The highest BCUT2D eigenvalue weighted by molar-refractivity contribution is 6.30. The Kier molecular flexibility index (Phi) is 5.56. The number of nitrogens with one attached hydrogen (secondary N) is 1. The monoisotopic (exact) mass is 310 g/mol. The van der Waals surface area contributed by atoms with E-state index in [4.69, 9.17) is 16.3 Å². The molecule has 3 heteroatoms. The summed E-state index contributed by atoms with van der Waals surface area (Å²) in [6, 6.07) is 5.96. The van der Waals surface area contributed by atoms with Crippen molar-refractivity contribution >= 4 is 11.6 Å². The third kappa shape index (κ3) is 4.89. The van der Waals surface area contributed by atoms with Gasteiger partial charge in [0.25, 0.3) is 0 Å². The molecule has 0 bridgehead atoms. The van der Waals surface area contributed by atoms with Crippen LogP contribution in [0.3, 0.4) is 0 Å². The second-order valence-corrected chi connectivity index (χ2v) is 7.86. The summed E-state index contributed by atoms with van der Waals surface area (Å²) in [4.78, 5) is 1.68. The minimum atomic E-state index is 0.0493. The molecule has 0 unspecified atom stereocenters. The predicted octanol–water partition coefficient (Wildman–Crippen LogP) is 3.33. The summed E-state index contributed by atoms with van der Waals surface area (Å²) in [7, 11) is 0. The minimum absolute atomic E-state index is 0.0493. The molecule has 0 radical (unpaired) electrons. The summed E-state index contributed by atoms with van der Waals surface area (Å²) in [6.07, 6.45) is 2.70. The third-order valence-electron chi connectivity index (χ3n) is 4.44. The summed E-state index contributed by atoms with van der Waals surface area (Å²) in [5.41, 5.74) is 1.24. The third-order valence-corrected chi connectivity index (χ3v) is 4.68. The Morgan fingerprint density at radius 2 is 1.90 bits per heavy atom. The molecule has 1 aromatic carbocycles. The first kappa shape index (κ1) is 16.6. The smallest absolute Gasteiger partial charge is 0.137 e. The van der Waals surface area contributed by atoms with Crippen LogP contribution in [0.25, 0.3) is 0 Å². The zero-order chi connectivity index (χ0) is 15.5. The number of ether oxygens (including phenoxy) is 1. The van der Waals surface area contributed by atoms with Crippen LogP contribution in [0.4, 0.5) is 0 Å². The number of hydrogen-bond donors (Lipinski definition) is 1. The summed E-state index contributed by atoms with van der Waals surface area (Å²) in [5, 5.41) is 0.780. The molecular formula is C18H29ClNO+. The molecule has 2 nitrogen and oxygen atoms in total. The molecule has 0 aliphatic carbocycles. The molecule has 0 atom stereocenters. The number of rotatable bonds is 4. The first-order chi connectivity index (χ1) is 9.86. The molecule has 1 fully saturated rings.